The summed E-state index contributed by atoms with van der Waals surface area (Å²) >= 11 is 0. The van der Waals surface area contributed by atoms with E-state index in [1.54, 1.807) is 6.34 Å². The molecule has 1 saturated heterocycles. The molecule has 0 saturated carbocycles. The molecule has 232 valence electrons. The lowest BCUT2D eigenvalue weighted by molar-refractivity contribution is -0.140. The van der Waals surface area contributed by atoms with Gasteiger partial charge in [-0.2, -0.15) is 0 Å². The lowest BCUT2D eigenvalue weighted by atomic mass is 9.84. The number of carbonyl (C=O) groups is 2. The van der Waals surface area contributed by atoms with E-state index >= 15 is 0 Å². The number of ether oxygens (including phenoxy) is 1. The summed E-state index contributed by atoms with van der Waals surface area (Å²) in [4.78, 5) is 32.8. The molecule has 2 N–H and O–H groups in total. The predicted octanol–water partition coefficient (Wildman–Crippen LogP) is 5.92. The molecule has 1 heterocycles. The van der Waals surface area contributed by atoms with Gasteiger partial charge in [-0.05, 0) is 65.2 Å². The molecule has 1 rings (SSSR count). The van der Waals surface area contributed by atoms with Gasteiger partial charge in [-0.1, -0.05) is 66.7 Å². The van der Waals surface area contributed by atoms with Crippen LogP contribution in [-0.4, -0.2) is 80.9 Å². The summed E-state index contributed by atoms with van der Waals surface area (Å²) in [6.45, 7) is 30.3. The Morgan fingerprint density at radius 2 is 1.65 bits per heavy atom. The third-order valence-electron chi connectivity index (χ3n) is 6.39. The van der Waals surface area contributed by atoms with E-state index in [2.05, 4.69) is 38.4 Å². The molecular formula is C32H61N5O3. The van der Waals surface area contributed by atoms with Gasteiger partial charge in [0, 0.05) is 25.0 Å². The van der Waals surface area contributed by atoms with Gasteiger partial charge in [0.25, 0.3) is 0 Å². The minimum Gasteiger partial charge on any atom is -0.469 e. The number of hydrogen-bond donors (Lipinski definition) is 2. The van der Waals surface area contributed by atoms with Crippen molar-refractivity contribution in [3.8, 4) is 0 Å². The Balaban J connectivity index is 0. The first kappa shape index (κ1) is 39.5. The fourth-order valence-corrected chi connectivity index (χ4v) is 4.31. The zero-order valence-corrected chi connectivity index (χ0v) is 27.3. The number of piperidine rings is 1. The van der Waals surface area contributed by atoms with Crippen molar-refractivity contribution < 1.29 is 14.3 Å². The largest absolute Gasteiger partial charge is 0.469 e. The minimum atomic E-state index is -0.552. The number of allylic oxidation sites excluding steroid dienone is 2. The van der Waals surface area contributed by atoms with E-state index in [1.165, 1.54) is 39.5 Å². The molecule has 1 aliphatic rings. The molecule has 0 bridgehead atoms. The first-order valence-electron chi connectivity index (χ1n) is 15.3. The van der Waals surface area contributed by atoms with Crippen molar-refractivity contribution in [2.45, 2.75) is 93.9 Å². The second kappa shape index (κ2) is 24.2. The Morgan fingerprint density at radius 3 is 2.20 bits per heavy atom. The van der Waals surface area contributed by atoms with Crippen molar-refractivity contribution in [3.05, 3.63) is 36.2 Å². The zero-order chi connectivity index (χ0) is 31.0. The van der Waals surface area contributed by atoms with Crippen molar-refractivity contribution in [2.75, 3.05) is 52.9 Å². The topological polar surface area (TPSA) is 86.3 Å². The maximum absolute atomic E-state index is 13.0. The van der Waals surface area contributed by atoms with Crippen molar-refractivity contribution in [2.24, 2.45) is 10.4 Å². The van der Waals surface area contributed by atoms with Gasteiger partial charge in [0.15, 0.2) is 0 Å². The predicted molar refractivity (Wildman–Crippen MR) is 171 cm³/mol. The van der Waals surface area contributed by atoms with E-state index in [0.29, 0.717) is 31.8 Å². The van der Waals surface area contributed by atoms with Crippen LogP contribution in [0.4, 0.5) is 0 Å². The Bertz CT molecular complexity index is 779. The lowest BCUT2D eigenvalue weighted by Gasteiger charge is -2.31. The quantitative estimate of drug-likeness (QED) is 0.0751. The number of nitrogens with one attached hydrogen (secondary N) is 2. The Morgan fingerprint density at radius 1 is 1.05 bits per heavy atom. The van der Waals surface area contributed by atoms with Gasteiger partial charge in [0.05, 0.1) is 37.8 Å². The Labute approximate surface area is 246 Å². The van der Waals surface area contributed by atoms with E-state index in [0.717, 1.165) is 30.8 Å². The van der Waals surface area contributed by atoms with E-state index in [-0.39, 0.29) is 18.3 Å². The second-order valence-corrected chi connectivity index (χ2v) is 9.92. The third-order valence-corrected chi connectivity index (χ3v) is 6.39. The monoisotopic (exact) mass is 563 g/mol. The zero-order valence-electron chi connectivity index (χ0n) is 27.3. The summed E-state index contributed by atoms with van der Waals surface area (Å²) in [5, 5.41) is 6.60. The summed E-state index contributed by atoms with van der Waals surface area (Å²) in [6, 6.07) is 0. The molecule has 0 atom stereocenters. The number of nitrogens with zero attached hydrogens (tertiary/aromatic N) is 3. The maximum Gasteiger partial charge on any atom is 0.307 e. The molecular weight excluding hydrogens is 502 g/mol. The first-order chi connectivity index (χ1) is 19.1. The van der Waals surface area contributed by atoms with Crippen LogP contribution in [0.15, 0.2) is 41.2 Å². The van der Waals surface area contributed by atoms with Gasteiger partial charge in [-0.25, -0.2) is 0 Å². The van der Waals surface area contributed by atoms with Gasteiger partial charge >= 0.3 is 5.97 Å². The molecule has 0 spiro atoms. The van der Waals surface area contributed by atoms with Crippen LogP contribution in [0, 0.1) is 5.41 Å². The number of aliphatic imine (C=N–C) groups is 1. The summed E-state index contributed by atoms with van der Waals surface area (Å²) in [5.41, 5.74) is 1.78. The first-order valence-corrected chi connectivity index (χ1v) is 15.3. The molecule has 0 aromatic rings. The van der Waals surface area contributed by atoms with Crippen molar-refractivity contribution >= 4 is 18.2 Å². The number of rotatable bonds is 17. The van der Waals surface area contributed by atoms with Gasteiger partial charge < -0.3 is 25.2 Å². The molecule has 0 aliphatic carbocycles. The lowest BCUT2D eigenvalue weighted by Crippen LogP contribution is -2.40. The highest BCUT2D eigenvalue weighted by Gasteiger charge is 2.31. The molecule has 0 aromatic heterocycles. The number of methoxy groups -OCH3 is 1. The van der Waals surface area contributed by atoms with Gasteiger partial charge in [-0.15, -0.1) is 0 Å². The average Bonchev–Trinajstić information content (AvgIpc) is 2.97. The fourth-order valence-electron chi connectivity index (χ4n) is 4.31. The molecule has 40 heavy (non-hydrogen) atoms. The third kappa shape index (κ3) is 17.2. The highest BCUT2D eigenvalue weighted by Crippen LogP contribution is 2.28. The van der Waals surface area contributed by atoms with Crippen LogP contribution < -0.4 is 10.6 Å². The molecule has 0 radical (unpaired) electrons. The summed E-state index contributed by atoms with van der Waals surface area (Å²) < 4.78 is 4.63. The van der Waals surface area contributed by atoms with E-state index in [9.17, 15) is 9.59 Å². The van der Waals surface area contributed by atoms with Crippen LogP contribution in [0.2, 0.25) is 0 Å². The van der Waals surface area contributed by atoms with Crippen LogP contribution in [-0.2, 0) is 14.3 Å². The molecule has 8 nitrogen and oxygen atoms in total. The van der Waals surface area contributed by atoms with E-state index < -0.39 is 5.41 Å². The second-order valence-electron chi connectivity index (χ2n) is 9.92. The number of hydrogen-bond acceptors (Lipinski definition) is 6. The summed E-state index contributed by atoms with van der Waals surface area (Å²) in [7, 11) is 1.36. The van der Waals surface area contributed by atoms with Crippen LogP contribution in [0.25, 0.3) is 0 Å². The molecule has 0 aromatic carbocycles. The standard InChI is InChI=1S/C28H49N5O3.2C2H6/c1-8-33(9-2)27(35)28(5,6)21-23(3)20-25(24(4)31-22-29-16-14-26(34)36-7)30-15-13-19-32-17-11-10-12-18-32;2*1-2/h20,22,30H,3-4,8-19,21H2,1-2,5-7H3,(H,29,31);2*1-2H3/b25-20+;;. The fraction of sp³-hybridized carbons (Fsp3) is 0.719. The smallest absolute Gasteiger partial charge is 0.307 e. The summed E-state index contributed by atoms with van der Waals surface area (Å²) in [6.07, 6.45) is 9.22. The Kier molecular flexibility index (Phi) is 23.9. The maximum atomic E-state index is 13.0. The van der Waals surface area contributed by atoms with Gasteiger partial charge in [-0.3, -0.25) is 14.6 Å². The molecule has 1 fully saturated rings. The van der Waals surface area contributed by atoms with E-state index in [4.69, 9.17) is 0 Å². The number of esters is 1. The highest BCUT2D eigenvalue weighted by molar-refractivity contribution is 5.82. The van der Waals surface area contributed by atoms with Crippen LogP contribution in [0.5, 0.6) is 0 Å². The van der Waals surface area contributed by atoms with E-state index in [1.807, 2.05) is 66.4 Å². The number of carbonyl (C=O) groups excluding carboxylic acids is 2. The van der Waals surface area contributed by atoms with Crippen molar-refractivity contribution in [3.63, 3.8) is 0 Å². The van der Waals surface area contributed by atoms with Crippen LogP contribution >= 0.6 is 0 Å². The van der Waals surface area contributed by atoms with Crippen molar-refractivity contribution in [1.29, 1.82) is 0 Å². The molecule has 0 unspecified atom stereocenters. The van der Waals surface area contributed by atoms with Crippen molar-refractivity contribution in [1.82, 2.24) is 20.4 Å². The SMILES string of the molecule is C=C(/C=C(/NCCCN1CCCCC1)C(=C)NC=NCCC(=O)OC)CC(C)(C)C(=O)N(CC)CC.CC.CC. The minimum absolute atomic E-state index is 0.132. The number of likely N-dealkylation sites (tertiary alicyclic amines) is 1. The molecule has 1 aliphatic heterocycles. The Hall–Kier alpha value is -2.61. The summed E-state index contributed by atoms with van der Waals surface area (Å²) in [5.74, 6) is -0.159. The normalized spacial score (nSPS) is 13.8. The van der Waals surface area contributed by atoms with Gasteiger partial charge in [0.1, 0.15) is 0 Å². The van der Waals surface area contributed by atoms with Crippen LogP contribution in [0.1, 0.15) is 93.9 Å². The molecule has 1 amide bonds. The van der Waals surface area contributed by atoms with Gasteiger partial charge in [0.2, 0.25) is 5.91 Å². The van der Waals surface area contributed by atoms with Crippen LogP contribution in [0.3, 0.4) is 0 Å². The number of amides is 1. The highest BCUT2D eigenvalue weighted by atomic mass is 16.5. The average molecular weight is 564 g/mol. The molecule has 8 heteroatoms.